The first-order valence-electron chi connectivity index (χ1n) is 9.98. The van der Waals surface area contributed by atoms with Crippen LogP contribution in [-0.4, -0.2) is 69.3 Å². The molecule has 1 saturated heterocycles. The normalized spacial score (nSPS) is 23.9. The fourth-order valence-corrected chi connectivity index (χ4v) is 3.77. The highest BCUT2D eigenvalue weighted by Crippen LogP contribution is 2.32. The standard InChI is InChI=1S/C19H29FN4O4/c1-19(2,11-25)21-9-15(26)24-10-13(20)8-14(24)16(27)18-23-22-17(28-18)12-6-4-3-5-7-12/h12-14,21,25H,3-11H2,1-2H3/t13-,14?/m0/s1. The van der Waals surface area contributed by atoms with Crippen LogP contribution in [0, 0.1) is 0 Å². The highest BCUT2D eigenvalue weighted by Gasteiger charge is 2.42. The van der Waals surface area contributed by atoms with Crippen LogP contribution in [0.2, 0.25) is 0 Å². The summed E-state index contributed by atoms with van der Waals surface area (Å²) >= 11 is 0. The van der Waals surface area contributed by atoms with Crippen LogP contribution in [0.1, 0.15) is 74.9 Å². The molecule has 2 aliphatic rings. The topological polar surface area (TPSA) is 109 Å². The van der Waals surface area contributed by atoms with Gasteiger partial charge in [-0.05, 0) is 26.7 Å². The lowest BCUT2D eigenvalue weighted by molar-refractivity contribution is -0.131. The van der Waals surface area contributed by atoms with Crippen LogP contribution in [0.4, 0.5) is 4.39 Å². The van der Waals surface area contributed by atoms with Crippen LogP contribution in [0.3, 0.4) is 0 Å². The highest BCUT2D eigenvalue weighted by molar-refractivity contribution is 5.99. The van der Waals surface area contributed by atoms with Crippen molar-refractivity contribution in [2.45, 2.75) is 76.0 Å². The van der Waals surface area contributed by atoms with E-state index in [1.165, 1.54) is 11.3 Å². The van der Waals surface area contributed by atoms with Crippen molar-refractivity contribution >= 4 is 11.7 Å². The second-order valence-corrected chi connectivity index (χ2v) is 8.44. The van der Waals surface area contributed by atoms with E-state index >= 15 is 0 Å². The Morgan fingerprint density at radius 2 is 2.00 bits per heavy atom. The molecule has 1 unspecified atom stereocenters. The monoisotopic (exact) mass is 396 g/mol. The number of carbonyl (C=O) groups excluding carboxylic acids is 2. The number of hydrogen-bond acceptors (Lipinski definition) is 7. The Balaban J connectivity index is 1.67. The summed E-state index contributed by atoms with van der Waals surface area (Å²) in [7, 11) is 0. The second-order valence-electron chi connectivity index (χ2n) is 8.44. The quantitative estimate of drug-likeness (QED) is 0.674. The minimum atomic E-state index is -1.27. The smallest absolute Gasteiger partial charge is 0.286 e. The molecule has 9 heteroatoms. The van der Waals surface area contributed by atoms with E-state index in [1.807, 2.05) is 0 Å². The molecule has 28 heavy (non-hydrogen) atoms. The number of alkyl halides is 1. The number of halogens is 1. The lowest BCUT2D eigenvalue weighted by Gasteiger charge is -2.27. The van der Waals surface area contributed by atoms with E-state index in [4.69, 9.17) is 4.42 Å². The molecule has 8 nitrogen and oxygen atoms in total. The zero-order chi connectivity index (χ0) is 20.3. The summed E-state index contributed by atoms with van der Waals surface area (Å²) in [5, 5.41) is 20.1. The minimum absolute atomic E-state index is 0.0743. The van der Waals surface area contributed by atoms with Crippen LogP contribution in [0.25, 0.3) is 0 Å². The lowest BCUT2D eigenvalue weighted by Crippen LogP contribution is -2.50. The van der Waals surface area contributed by atoms with Gasteiger partial charge < -0.3 is 19.7 Å². The zero-order valence-corrected chi connectivity index (χ0v) is 16.5. The van der Waals surface area contributed by atoms with Crippen LogP contribution < -0.4 is 5.32 Å². The third kappa shape index (κ3) is 4.75. The molecule has 1 aliphatic heterocycles. The van der Waals surface area contributed by atoms with Gasteiger partial charge in [0.15, 0.2) is 0 Å². The zero-order valence-electron chi connectivity index (χ0n) is 16.5. The van der Waals surface area contributed by atoms with Crippen molar-refractivity contribution in [1.29, 1.82) is 0 Å². The number of nitrogens with one attached hydrogen (secondary N) is 1. The molecule has 0 radical (unpaired) electrons. The van der Waals surface area contributed by atoms with Crippen molar-refractivity contribution in [3.05, 3.63) is 11.8 Å². The van der Waals surface area contributed by atoms with E-state index in [0.29, 0.717) is 5.89 Å². The van der Waals surface area contributed by atoms with E-state index in [2.05, 4.69) is 15.5 Å². The second kappa shape index (κ2) is 8.65. The first-order chi connectivity index (χ1) is 13.3. The molecule has 0 spiro atoms. The number of aliphatic hydroxyl groups is 1. The fourth-order valence-electron chi connectivity index (χ4n) is 3.77. The fraction of sp³-hybridized carbons (Fsp3) is 0.789. The number of Topliss-reactive ketones (excluding diaryl/α,β-unsaturated/α-hetero) is 1. The van der Waals surface area contributed by atoms with Crippen LogP contribution in [-0.2, 0) is 4.79 Å². The number of aromatic nitrogens is 2. The molecule has 2 atom stereocenters. The van der Waals surface area contributed by atoms with E-state index in [9.17, 15) is 19.1 Å². The molecular formula is C19H29FN4O4. The van der Waals surface area contributed by atoms with Crippen LogP contribution in [0.5, 0.6) is 0 Å². The van der Waals surface area contributed by atoms with Crippen LogP contribution >= 0.6 is 0 Å². The average molecular weight is 396 g/mol. The minimum Gasteiger partial charge on any atom is -0.418 e. The van der Waals surface area contributed by atoms with Crippen molar-refractivity contribution in [1.82, 2.24) is 20.4 Å². The summed E-state index contributed by atoms with van der Waals surface area (Å²) in [6.45, 7) is 3.10. The van der Waals surface area contributed by atoms with Gasteiger partial charge in [0.2, 0.25) is 17.6 Å². The summed E-state index contributed by atoms with van der Waals surface area (Å²) in [4.78, 5) is 26.6. The maximum absolute atomic E-state index is 14.0. The summed E-state index contributed by atoms with van der Waals surface area (Å²) in [6.07, 6.45) is 3.96. The van der Waals surface area contributed by atoms with Crippen molar-refractivity contribution in [3.8, 4) is 0 Å². The van der Waals surface area contributed by atoms with Crippen LogP contribution in [0.15, 0.2) is 4.42 Å². The van der Waals surface area contributed by atoms with Gasteiger partial charge in [-0.2, -0.15) is 0 Å². The van der Waals surface area contributed by atoms with Gasteiger partial charge in [0.05, 0.1) is 19.7 Å². The predicted molar refractivity (Wildman–Crippen MR) is 98.6 cm³/mol. The highest BCUT2D eigenvalue weighted by atomic mass is 19.1. The number of ketones is 1. The SMILES string of the molecule is CC(C)(CO)NCC(=O)N1C[C@@H](F)CC1C(=O)c1nnc(C2CCCCC2)o1. The van der Waals surface area contributed by atoms with E-state index in [0.717, 1.165) is 25.7 Å². The molecule has 1 aliphatic carbocycles. The van der Waals surface area contributed by atoms with E-state index in [-0.39, 0.29) is 37.9 Å². The molecule has 1 aromatic heterocycles. The lowest BCUT2D eigenvalue weighted by atomic mass is 9.89. The Morgan fingerprint density at radius 1 is 1.29 bits per heavy atom. The van der Waals surface area contributed by atoms with Gasteiger partial charge in [-0.15, -0.1) is 10.2 Å². The first kappa shape index (κ1) is 20.9. The van der Waals surface area contributed by atoms with Gasteiger partial charge in [0, 0.05) is 17.9 Å². The molecule has 1 amide bonds. The maximum Gasteiger partial charge on any atom is 0.286 e. The Morgan fingerprint density at radius 3 is 2.68 bits per heavy atom. The summed E-state index contributed by atoms with van der Waals surface area (Å²) in [5.74, 6) is -0.428. The van der Waals surface area contributed by atoms with Gasteiger partial charge in [0.25, 0.3) is 5.89 Å². The molecular weight excluding hydrogens is 367 g/mol. The number of rotatable bonds is 7. The number of carbonyl (C=O) groups is 2. The maximum atomic E-state index is 14.0. The Labute approximate surface area is 163 Å². The molecule has 156 valence electrons. The van der Waals surface area contributed by atoms with E-state index < -0.39 is 29.4 Å². The van der Waals surface area contributed by atoms with Crippen molar-refractivity contribution in [3.63, 3.8) is 0 Å². The molecule has 2 fully saturated rings. The van der Waals surface area contributed by atoms with Gasteiger partial charge in [-0.3, -0.25) is 9.59 Å². The predicted octanol–water partition coefficient (Wildman–Crippen LogP) is 1.60. The molecule has 1 saturated carbocycles. The summed E-state index contributed by atoms with van der Waals surface area (Å²) in [5.41, 5.74) is -0.647. The molecule has 0 aromatic carbocycles. The number of amides is 1. The molecule has 0 bridgehead atoms. The van der Waals surface area contributed by atoms with E-state index in [1.54, 1.807) is 13.8 Å². The number of hydrogen-bond donors (Lipinski definition) is 2. The first-order valence-corrected chi connectivity index (χ1v) is 9.98. The van der Waals surface area contributed by atoms with Gasteiger partial charge in [0.1, 0.15) is 12.2 Å². The molecule has 3 rings (SSSR count). The molecule has 1 aromatic rings. The number of likely N-dealkylation sites (tertiary alicyclic amines) is 1. The van der Waals surface area contributed by atoms with Gasteiger partial charge in [-0.1, -0.05) is 19.3 Å². The largest absolute Gasteiger partial charge is 0.418 e. The Bertz CT molecular complexity index is 702. The summed E-state index contributed by atoms with van der Waals surface area (Å²) in [6, 6.07) is -0.943. The van der Waals surface area contributed by atoms with Crippen molar-refractivity contribution in [2.24, 2.45) is 0 Å². The molecule has 2 heterocycles. The Hall–Kier alpha value is -1.87. The third-order valence-electron chi connectivity index (χ3n) is 5.59. The van der Waals surface area contributed by atoms with Gasteiger partial charge in [-0.25, -0.2) is 4.39 Å². The van der Waals surface area contributed by atoms with Crippen molar-refractivity contribution in [2.75, 3.05) is 19.7 Å². The summed E-state index contributed by atoms with van der Waals surface area (Å²) < 4.78 is 19.6. The average Bonchev–Trinajstić information content (AvgIpc) is 3.33. The Kier molecular flexibility index (Phi) is 6.44. The van der Waals surface area contributed by atoms with Gasteiger partial charge >= 0.3 is 0 Å². The number of aliphatic hydroxyl groups excluding tert-OH is 1. The molecule has 2 N–H and O–H groups in total. The third-order valence-corrected chi connectivity index (χ3v) is 5.59. The van der Waals surface area contributed by atoms with Crippen molar-refractivity contribution < 1.29 is 23.5 Å². The number of nitrogens with zero attached hydrogens (tertiary/aromatic N) is 3.